The van der Waals surface area contributed by atoms with Crippen molar-refractivity contribution < 1.29 is 19.5 Å². The maximum absolute atomic E-state index is 12.8. The normalized spacial score (nSPS) is 19.1. The Morgan fingerprint density at radius 3 is 2.60 bits per heavy atom. The molecule has 7 N–H and O–H groups in total. The van der Waals surface area contributed by atoms with Gasteiger partial charge in [-0.1, -0.05) is 18.2 Å². The number of carbonyl (C=O) groups excluding carboxylic acids is 3. The van der Waals surface area contributed by atoms with E-state index in [4.69, 9.17) is 11.5 Å². The summed E-state index contributed by atoms with van der Waals surface area (Å²) in [5.74, 6) is -0.996. The Morgan fingerprint density at radius 1 is 1.27 bits per heavy atom. The fraction of sp³-hybridized carbons (Fsp3) is 0.500. The number of benzene rings is 1. The van der Waals surface area contributed by atoms with E-state index in [0.29, 0.717) is 19.4 Å². The number of anilines is 1. The van der Waals surface area contributed by atoms with Crippen molar-refractivity contribution in [1.29, 1.82) is 0 Å². The Kier molecular flexibility index (Phi) is 8.60. The highest BCUT2D eigenvalue weighted by Gasteiger charge is 2.38. The Labute approximate surface area is 175 Å². The Hall–Kier alpha value is -3.14. The minimum Gasteiger partial charge on any atom is -0.391 e. The number of β-amino-alcohol motifs (C(OH)–C–C–N with tert-alkyl or cyclic N) is 1. The molecule has 0 aliphatic carbocycles. The highest BCUT2D eigenvalue weighted by Crippen LogP contribution is 2.18. The van der Waals surface area contributed by atoms with E-state index in [0.717, 1.165) is 5.69 Å². The SMILES string of the molecule is CC(=O)N1C[C@H](O)C[C@H]1C(=O)N[C@@H](CCCN=C(N)N)C(=O)CNc1ccccc1. The number of hydrogen-bond acceptors (Lipinski definition) is 6. The van der Waals surface area contributed by atoms with Crippen LogP contribution in [-0.2, 0) is 14.4 Å². The van der Waals surface area contributed by atoms with Crippen molar-refractivity contribution in [3.8, 4) is 0 Å². The first kappa shape index (κ1) is 23.1. The molecule has 2 amide bonds. The maximum atomic E-state index is 12.8. The second-order valence-electron chi connectivity index (χ2n) is 7.27. The lowest BCUT2D eigenvalue weighted by Crippen LogP contribution is -2.51. The number of aliphatic hydroxyl groups excluding tert-OH is 1. The van der Waals surface area contributed by atoms with Crippen molar-refractivity contribution in [3.05, 3.63) is 30.3 Å². The summed E-state index contributed by atoms with van der Waals surface area (Å²) in [5.41, 5.74) is 11.4. The lowest BCUT2D eigenvalue weighted by atomic mass is 10.0. The van der Waals surface area contributed by atoms with Gasteiger partial charge in [-0.3, -0.25) is 19.4 Å². The number of aliphatic hydroxyl groups is 1. The minimum atomic E-state index is -0.799. The number of rotatable bonds is 10. The number of nitrogens with two attached hydrogens (primary N) is 2. The molecule has 0 aromatic heterocycles. The number of aliphatic imine (C=N–C) groups is 1. The first-order valence-electron chi connectivity index (χ1n) is 9.90. The molecule has 0 spiro atoms. The molecular formula is C20H30N6O4. The molecule has 0 saturated carbocycles. The summed E-state index contributed by atoms with van der Waals surface area (Å²) in [6.07, 6.45) is 0.208. The van der Waals surface area contributed by atoms with Crippen LogP contribution in [0.2, 0.25) is 0 Å². The smallest absolute Gasteiger partial charge is 0.243 e. The average molecular weight is 418 g/mol. The quantitative estimate of drug-likeness (QED) is 0.188. The fourth-order valence-electron chi connectivity index (χ4n) is 3.36. The number of hydrogen-bond donors (Lipinski definition) is 5. The van der Waals surface area contributed by atoms with Crippen LogP contribution in [0.15, 0.2) is 35.3 Å². The van der Waals surface area contributed by atoms with Crippen molar-refractivity contribution in [3.63, 3.8) is 0 Å². The highest BCUT2D eigenvalue weighted by atomic mass is 16.3. The van der Waals surface area contributed by atoms with Crippen LogP contribution >= 0.6 is 0 Å². The van der Waals surface area contributed by atoms with Gasteiger partial charge in [0.25, 0.3) is 0 Å². The van der Waals surface area contributed by atoms with E-state index in [-0.39, 0.29) is 37.2 Å². The van der Waals surface area contributed by atoms with E-state index in [2.05, 4.69) is 15.6 Å². The van der Waals surface area contributed by atoms with E-state index in [1.165, 1.54) is 11.8 Å². The predicted molar refractivity (Wildman–Crippen MR) is 114 cm³/mol. The largest absolute Gasteiger partial charge is 0.391 e. The summed E-state index contributed by atoms with van der Waals surface area (Å²) >= 11 is 0. The van der Waals surface area contributed by atoms with E-state index in [1.807, 2.05) is 30.3 Å². The summed E-state index contributed by atoms with van der Waals surface area (Å²) < 4.78 is 0. The van der Waals surface area contributed by atoms with Gasteiger partial charge in [0.1, 0.15) is 6.04 Å². The van der Waals surface area contributed by atoms with E-state index < -0.39 is 24.1 Å². The number of nitrogens with one attached hydrogen (secondary N) is 2. The van der Waals surface area contributed by atoms with Crippen LogP contribution in [-0.4, -0.2) is 71.4 Å². The van der Waals surface area contributed by atoms with Gasteiger partial charge in [0, 0.05) is 32.1 Å². The monoisotopic (exact) mass is 418 g/mol. The molecule has 1 heterocycles. The molecule has 1 aromatic rings. The topological polar surface area (TPSA) is 163 Å². The van der Waals surface area contributed by atoms with Crippen molar-refractivity contribution >= 4 is 29.2 Å². The van der Waals surface area contributed by atoms with Gasteiger partial charge < -0.3 is 32.1 Å². The summed E-state index contributed by atoms with van der Waals surface area (Å²) in [7, 11) is 0. The summed E-state index contributed by atoms with van der Waals surface area (Å²) in [6, 6.07) is 7.68. The van der Waals surface area contributed by atoms with Gasteiger partial charge in [-0.2, -0.15) is 0 Å². The van der Waals surface area contributed by atoms with E-state index >= 15 is 0 Å². The third kappa shape index (κ3) is 7.03. The number of likely N-dealkylation sites (tertiary alicyclic amines) is 1. The van der Waals surface area contributed by atoms with Gasteiger partial charge in [0.2, 0.25) is 11.8 Å². The Balaban J connectivity index is 2.02. The Bertz CT molecular complexity index is 766. The summed E-state index contributed by atoms with van der Waals surface area (Å²) in [5, 5.41) is 15.6. The standard InChI is InChI=1S/C20H30N6O4/c1-13(27)26-12-15(28)10-17(26)19(30)25-16(8-5-9-23-20(21)22)18(29)11-24-14-6-3-2-4-7-14/h2-4,6-7,15-17,24,28H,5,8-12H2,1H3,(H,25,30)(H4,21,22,23)/t15-,16+,17+/m1/s1. The number of para-hydroxylation sites is 1. The van der Waals surface area contributed by atoms with Crippen LogP contribution in [0.5, 0.6) is 0 Å². The molecule has 164 valence electrons. The van der Waals surface area contributed by atoms with E-state index in [9.17, 15) is 19.5 Å². The van der Waals surface area contributed by atoms with Crippen LogP contribution in [0.3, 0.4) is 0 Å². The van der Waals surface area contributed by atoms with Gasteiger partial charge in [-0.05, 0) is 25.0 Å². The van der Waals surface area contributed by atoms with Crippen LogP contribution in [0.1, 0.15) is 26.2 Å². The van der Waals surface area contributed by atoms with Gasteiger partial charge >= 0.3 is 0 Å². The fourth-order valence-corrected chi connectivity index (χ4v) is 3.36. The Morgan fingerprint density at radius 2 is 1.97 bits per heavy atom. The molecule has 1 aliphatic heterocycles. The molecule has 0 unspecified atom stereocenters. The molecule has 1 aliphatic rings. The van der Waals surface area contributed by atoms with Crippen LogP contribution in [0, 0.1) is 0 Å². The molecule has 1 aromatic carbocycles. The second kappa shape index (κ2) is 11.1. The van der Waals surface area contributed by atoms with Crippen molar-refractivity contribution in [2.24, 2.45) is 16.5 Å². The lowest BCUT2D eigenvalue weighted by Gasteiger charge is -2.25. The number of ketones is 1. The third-order valence-corrected chi connectivity index (χ3v) is 4.88. The van der Waals surface area contributed by atoms with Gasteiger partial charge in [0.05, 0.1) is 18.7 Å². The summed E-state index contributed by atoms with van der Waals surface area (Å²) in [6.45, 7) is 1.81. The van der Waals surface area contributed by atoms with E-state index in [1.54, 1.807) is 0 Å². The molecule has 10 heteroatoms. The van der Waals surface area contributed by atoms with Gasteiger partial charge in [-0.25, -0.2) is 0 Å². The number of amides is 2. The number of carbonyl (C=O) groups is 3. The van der Waals surface area contributed by atoms with Gasteiger partial charge in [-0.15, -0.1) is 0 Å². The molecule has 3 atom stereocenters. The molecular weight excluding hydrogens is 388 g/mol. The van der Waals surface area contributed by atoms with Crippen LogP contribution in [0.25, 0.3) is 0 Å². The first-order chi connectivity index (χ1) is 14.3. The third-order valence-electron chi connectivity index (χ3n) is 4.88. The van der Waals surface area contributed by atoms with Gasteiger partial charge in [0.15, 0.2) is 11.7 Å². The zero-order valence-electron chi connectivity index (χ0n) is 17.1. The molecule has 10 nitrogen and oxygen atoms in total. The maximum Gasteiger partial charge on any atom is 0.243 e. The predicted octanol–water partition coefficient (Wildman–Crippen LogP) is -0.812. The van der Waals surface area contributed by atoms with Crippen molar-refractivity contribution in [1.82, 2.24) is 10.2 Å². The molecule has 2 rings (SSSR count). The van der Waals surface area contributed by atoms with Crippen molar-refractivity contribution in [2.75, 3.05) is 25.0 Å². The number of guanidine groups is 1. The van der Waals surface area contributed by atoms with Crippen LogP contribution < -0.4 is 22.1 Å². The molecule has 1 fully saturated rings. The number of Topliss-reactive ketones (excluding diaryl/α,β-unsaturated/α-hetero) is 1. The second-order valence-corrected chi connectivity index (χ2v) is 7.27. The highest BCUT2D eigenvalue weighted by molar-refractivity contribution is 5.94. The molecule has 30 heavy (non-hydrogen) atoms. The molecule has 1 saturated heterocycles. The zero-order valence-corrected chi connectivity index (χ0v) is 17.1. The number of nitrogens with zero attached hydrogens (tertiary/aromatic N) is 2. The average Bonchev–Trinajstić information content (AvgIpc) is 3.11. The first-order valence-corrected chi connectivity index (χ1v) is 9.90. The summed E-state index contributed by atoms with van der Waals surface area (Å²) in [4.78, 5) is 42.6. The minimum absolute atomic E-state index is 0.0287. The lowest BCUT2D eigenvalue weighted by molar-refractivity contribution is -0.138. The zero-order chi connectivity index (χ0) is 22.1. The molecule has 0 radical (unpaired) electrons. The van der Waals surface area contributed by atoms with Crippen LogP contribution in [0.4, 0.5) is 5.69 Å². The molecule has 0 bridgehead atoms. The van der Waals surface area contributed by atoms with Crippen molar-refractivity contribution in [2.45, 2.75) is 44.4 Å².